The molecule has 0 spiro atoms. The van der Waals surface area contributed by atoms with E-state index in [2.05, 4.69) is 19.9 Å². The summed E-state index contributed by atoms with van der Waals surface area (Å²) in [6.45, 7) is 4.79. The molecule has 2 saturated carbocycles. The molecule has 0 aliphatic heterocycles. The first kappa shape index (κ1) is 17.9. The quantitative estimate of drug-likeness (QED) is 0.764. The maximum atomic E-state index is 11.1. The number of rotatable bonds is 4. The molecular formula is C23H32O3. The lowest BCUT2D eigenvalue weighted by Crippen LogP contribution is -2.43. The van der Waals surface area contributed by atoms with E-state index >= 15 is 0 Å². The third kappa shape index (κ3) is 2.58. The fraction of sp³-hybridized carbons (Fsp3) is 0.696. The second-order valence-corrected chi connectivity index (χ2v) is 9.25. The summed E-state index contributed by atoms with van der Waals surface area (Å²) in [5.74, 6) is 4.20. The number of aldehydes is 1. The Bertz CT molecular complexity index is 697. The van der Waals surface area contributed by atoms with Gasteiger partial charge in [0.05, 0.1) is 7.11 Å². The van der Waals surface area contributed by atoms with Crippen molar-refractivity contribution in [2.45, 2.75) is 64.7 Å². The Morgan fingerprint density at radius 2 is 2.12 bits per heavy atom. The van der Waals surface area contributed by atoms with Gasteiger partial charge < -0.3 is 14.6 Å². The highest BCUT2D eigenvalue weighted by atomic mass is 16.5. The van der Waals surface area contributed by atoms with E-state index in [-0.39, 0.29) is 5.75 Å². The largest absolute Gasteiger partial charge is 0.504 e. The molecule has 4 rings (SSSR count). The molecule has 3 aliphatic carbocycles. The van der Waals surface area contributed by atoms with Gasteiger partial charge in [0.2, 0.25) is 0 Å². The normalized spacial score (nSPS) is 36.6. The molecule has 0 saturated heterocycles. The van der Waals surface area contributed by atoms with Crippen molar-refractivity contribution in [2.75, 3.05) is 7.11 Å². The number of aryl methyl sites for hydroxylation is 1. The molecule has 0 unspecified atom stereocenters. The predicted octanol–water partition coefficient (Wildman–Crippen LogP) is 5.10. The summed E-state index contributed by atoms with van der Waals surface area (Å²) in [6, 6.07) is 4.04. The molecule has 142 valence electrons. The van der Waals surface area contributed by atoms with Crippen LogP contribution in [-0.2, 0) is 11.2 Å². The van der Waals surface area contributed by atoms with E-state index in [1.54, 1.807) is 7.11 Å². The summed E-state index contributed by atoms with van der Waals surface area (Å²) in [4.78, 5) is 11.1. The third-order valence-corrected chi connectivity index (χ3v) is 8.25. The highest BCUT2D eigenvalue weighted by Gasteiger charge is 2.55. The topological polar surface area (TPSA) is 46.5 Å². The van der Waals surface area contributed by atoms with Gasteiger partial charge in [-0.2, -0.15) is 0 Å². The van der Waals surface area contributed by atoms with Crippen LogP contribution in [0.4, 0.5) is 0 Å². The Kier molecular flexibility index (Phi) is 4.53. The molecule has 3 aliphatic rings. The molecule has 6 atom stereocenters. The Hall–Kier alpha value is -1.51. The number of methoxy groups -OCH3 is 1. The van der Waals surface area contributed by atoms with Gasteiger partial charge in [0.15, 0.2) is 11.5 Å². The second-order valence-electron chi connectivity index (χ2n) is 9.25. The van der Waals surface area contributed by atoms with Gasteiger partial charge in [0.1, 0.15) is 6.29 Å². The number of phenols is 1. The first-order chi connectivity index (χ1) is 12.5. The number of hydrogen-bond donors (Lipinski definition) is 1. The Morgan fingerprint density at radius 1 is 1.31 bits per heavy atom. The Balaban J connectivity index is 1.64. The highest BCUT2D eigenvalue weighted by molar-refractivity contribution is 5.50. The highest BCUT2D eigenvalue weighted by Crippen LogP contribution is 2.64. The van der Waals surface area contributed by atoms with Crippen LogP contribution in [-0.4, -0.2) is 18.5 Å². The molecule has 1 aromatic rings. The van der Waals surface area contributed by atoms with Crippen LogP contribution in [0.1, 0.15) is 69.4 Å². The molecule has 0 heterocycles. The molecule has 0 bridgehead atoms. The van der Waals surface area contributed by atoms with Crippen molar-refractivity contribution >= 4 is 6.29 Å². The minimum atomic E-state index is 0.272. The zero-order valence-corrected chi connectivity index (χ0v) is 16.3. The summed E-state index contributed by atoms with van der Waals surface area (Å²) in [5.41, 5.74) is 3.13. The Morgan fingerprint density at radius 3 is 2.85 bits per heavy atom. The van der Waals surface area contributed by atoms with Gasteiger partial charge in [-0.25, -0.2) is 0 Å². The van der Waals surface area contributed by atoms with E-state index in [4.69, 9.17) is 4.74 Å². The molecule has 1 N–H and O–H groups in total. The number of ether oxygens (including phenoxy) is 1. The maximum absolute atomic E-state index is 11.1. The van der Waals surface area contributed by atoms with Gasteiger partial charge in [-0.05, 0) is 96.8 Å². The van der Waals surface area contributed by atoms with Gasteiger partial charge in [0, 0.05) is 6.42 Å². The van der Waals surface area contributed by atoms with Crippen molar-refractivity contribution in [1.82, 2.24) is 0 Å². The minimum absolute atomic E-state index is 0.272. The average Bonchev–Trinajstić information content (AvgIpc) is 2.98. The van der Waals surface area contributed by atoms with E-state index in [0.29, 0.717) is 35.3 Å². The van der Waals surface area contributed by atoms with Crippen molar-refractivity contribution in [3.8, 4) is 11.5 Å². The standard InChI is InChI=1S/C23H32O3/c1-14(9-11-24)19-6-7-20-17-5-4-15-12-21(25)22(26-3)13-18(15)16(17)8-10-23(19,20)2/h11-14,16-17,19-20,25H,4-10H2,1-3H3/t14-,16+,17-,19-,20+,23-/m1/s1. The molecule has 0 aromatic heterocycles. The summed E-state index contributed by atoms with van der Waals surface area (Å²) in [5, 5.41) is 10.1. The number of phenolic OH excluding ortho intramolecular Hbond substituents is 1. The Labute approximate surface area is 157 Å². The van der Waals surface area contributed by atoms with Crippen molar-refractivity contribution in [1.29, 1.82) is 0 Å². The van der Waals surface area contributed by atoms with Crippen LogP contribution in [0.15, 0.2) is 12.1 Å². The van der Waals surface area contributed by atoms with Gasteiger partial charge in [-0.15, -0.1) is 0 Å². The smallest absolute Gasteiger partial charge is 0.160 e. The molecule has 1 aromatic carbocycles. The van der Waals surface area contributed by atoms with Gasteiger partial charge >= 0.3 is 0 Å². The SMILES string of the molecule is COc1cc2c(cc1O)CC[C@@H]1[C@@H]2CC[C@]2(C)[C@@H]([C@H](C)CC=O)CC[C@@H]12. The van der Waals surface area contributed by atoms with Crippen LogP contribution >= 0.6 is 0 Å². The monoisotopic (exact) mass is 356 g/mol. The molecule has 3 nitrogen and oxygen atoms in total. The number of carbonyl (C=O) groups excluding carboxylic acids is 1. The van der Waals surface area contributed by atoms with Crippen molar-refractivity contribution in [2.24, 2.45) is 29.1 Å². The lowest BCUT2D eigenvalue weighted by molar-refractivity contribution is -0.109. The van der Waals surface area contributed by atoms with E-state index < -0.39 is 0 Å². The van der Waals surface area contributed by atoms with E-state index in [1.807, 2.05) is 6.07 Å². The summed E-state index contributed by atoms with van der Waals surface area (Å²) < 4.78 is 5.39. The first-order valence-electron chi connectivity index (χ1n) is 10.3. The number of carbonyl (C=O) groups is 1. The lowest BCUT2D eigenvalue weighted by atomic mass is 9.53. The van der Waals surface area contributed by atoms with Crippen LogP contribution in [0.3, 0.4) is 0 Å². The van der Waals surface area contributed by atoms with E-state index in [9.17, 15) is 9.90 Å². The number of aromatic hydroxyl groups is 1. The van der Waals surface area contributed by atoms with Crippen LogP contribution in [0.25, 0.3) is 0 Å². The van der Waals surface area contributed by atoms with E-state index in [1.165, 1.54) is 43.2 Å². The molecule has 26 heavy (non-hydrogen) atoms. The van der Waals surface area contributed by atoms with Crippen molar-refractivity contribution in [3.63, 3.8) is 0 Å². The van der Waals surface area contributed by atoms with Crippen LogP contribution in [0.5, 0.6) is 11.5 Å². The zero-order valence-electron chi connectivity index (χ0n) is 16.3. The zero-order chi connectivity index (χ0) is 18.5. The summed E-state index contributed by atoms with van der Waals surface area (Å²) in [7, 11) is 1.63. The van der Waals surface area contributed by atoms with Crippen LogP contribution < -0.4 is 4.74 Å². The fourth-order valence-corrected chi connectivity index (χ4v) is 7.04. The number of benzene rings is 1. The van der Waals surface area contributed by atoms with Crippen LogP contribution in [0, 0.1) is 29.1 Å². The fourth-order valence-electron chi connectivity index (χ4n) is 7.04. The predicted molar refractivity (Wildman–Crippen MR) is 103 cm³/mol. The van der Waals surface area contributed by atoms with Crippen molar-refractivity contribution < 1.29 is 14.6 Å². The number of hydrogen-bond acceptors (Lipinski definition) is 3. The average molecular weight is 357 g/mol. The van der Waals surface area contributed by atoms with Gasteiger partial charge in [0.25, 0.3) is 0 Å². The van der Waals surface area contributed by atoms with Crippen LogP contribution in [0.2, 0.25) is 0 Å². The second kappa shape index (κ2) is 6.58. The van der Waals surface area contributed by atoms with Gasteiger partial charge in [-0.3, -0.25) is 0 Å². The molecule has 2 fully saturated rings. The first-order valence-corrected chi connectivity index (χ1v) is 10.3. The van der Waals surface area contributed by atoms with E-state index in [0.717, 1.165) is 24.5 Å². The van der Waals surface area contributed by atoms with Gasteiger partial charge in [-0.1, -0.05) is 13.8 Å². The minimum Gasteiger partial charge on any atom is -0.504 e. The molecule has 0 radical (unpaired) electrons. The molecule has 3 heteroatoms. The van der Waals surface area contributed by atoms with Crippen molar-refractivity contribution in [3.05, 3.63) is 23.3 Å². The number of fused-ring (bicyclic) bond motifs is 5. The third-order valence-electron chi connectivity index (χ3n) is 8.25. The maximum Gasteiger partial charge on any atom is 0.160 e. The summed E-state index contributed by atoms with van der Waals surface area (Å²) >= 11 is 0. The lowest BCUT2D eigenvalue weighted by Gasteiger charge is -2.52. The summed E-state index contributed by atoms with van der Waals surface area (Å²) in [6.07, 6.45) is 9.20. The molecule has 0 amide bonds. The molecular weight excluding hydrogens is 324 g/mol.